The lowest BCUT2D eigenvalue weighted by molar-refractivity contribution is 0.103. The van der Waals surface area contributed by atoms with Crippen LogP contribution < -0.4 is 0 Å². The lowest BCUT2D eigenvalue weighted by Gasteiger charge is -2.03. The van der Waals surface area contributed by atoms with Crippen molar-refractivity contribution < 1.29 is 4.79 Å². The molecule has 0 spiro atoms. The Hall–Kier alpha value is -3.28. The first-order valence-corrected chi connectivity index (χ1v) is 7.56. The number of hydrogen-bond acceptors (Lipinski definition) is 4. The highest BCUT2D eigenvalue weighted by Crippen LogP contribution is 2.25. The van der Waals surface area contributed by atoms with E-state index in [4.69, 9.17) is 0 Å². The van der Waals surface area contributed by atoms with Crippen molar-refractivity contribution in [3.8, 4) is 11.1 Å². The van der Waals surface area contributed by atoms with Gasteiger partial charge in [-0.2, -0.15) is 5.10 Å². The molecule has 0 unspecified atom stereocenters. The first-order chi connectivity index (χ1) is 11.6. The van der Waals surface area contributed by atoms with Gasteiger partial charge in [0.05, 0.1) is 11.3 Å². The Bertz CT molecular complexity index is 1050. The minimum Gasteiger partial charge on any atom is -0.345 e. The zero-order valence-electron chi connectivity index (χ0n) is 13.3. The van der Waals surface area contributed by atoms with E-state index in [-0.39, 0.29) is 5.78 Å². The second kappa shape index (κ2) is 5.42. The van der Waals surface area contributed by atoms with Gasteiger partial charge < -0.3 is 4.98 Å². The van der Waals surface area contributed by atoms with Gasteiger partial charge in [0, 0.05) is 48.3 Å². The van der Waals surface area contributed by atoms with E-state index in [2.05, 4.69) is 20.1 Å². The largest absolute Gasteiger partial charge is 0.345 e. The molecule has 0 aliphatic carbocycles. The van der Waals surface area contributed by atoms with Crippen LogP contribution in [0.2, 0.25) is 0 Å². The van der Waals surface area contributed by atoms with E-state index in [1.54, 1.807) is 42.6 Å². The molecule has 6 heteroatoms. The molecule has 4 heterocycles. The van der Waals surface area contributed by atoms with Crippen molar-refractivity contribution in [2.75, 3.05) is 0 Å². The molecule has 4 aromatic rings. The number of aromatic nitrogens is 5. The van der Waals surface area contributed by atoms with E-state index in [9.17, 15) is 4.79 Å². The fourth-order valence-electron chi connectivity index (χ4n) is 2.84. The number of carbonyl (C=O) groups is 1. The monoisotopic (exact) mass is 317 g/mol. The first-order valence-electron chi connectivity index (χ1n) is 7.56. The van der Waals surface area contributed by atoms with Gasteiger partial charge in [0.1, 0.15) is 11.3 Å². The fraction of sp³-hybridized carbons (Fsp3) is 0.111. The smallest absolute Gasteiger partial charge is 0.213 e. The number of nitrogens with one attached hydrogen (secondary N) is 1. The summed E-state index contributed by atoms with van der Waals surface area (Å²) in [5.74, 6) is -0.0745. The third-order valence-corrected chi connectivity index (χ3v) is 4.01. The SMILES string of the molecule is Cc1cc(C(=O)c2c[nH]c3ncc(-c4cccnc4)cc23)n(C)n1. The van der Waals surface area contributed by atoms with Crippen molar-refractivity contribution >= 4 is 16.8 Å². The standard InChI is InChI=1S/C18H15N5O/c1-11-6-16(23(2)22-11)17(24)15-10-21-18-14(15)7-13(9-20-18)12-4-3-5-19-8-12/h3-10H,1-2H3,(H,20,21). The average molecular weight is 317 g/mol. The number of carbonyl (C=O) groups excluding carboxylic acids is 1. The van der Waals surface area contributed by atoms with Gasteiger partial charge in [-0.3, -0.25) is 14.5 Å². The predicted octanol–water partition coefficient (Wildman–Crippen LogP) is 2.90. The Morgan fingerprint density at radius 2 is 2.08 bits per heavy atom. The highest BCUT2D eigenvalue weighted by molar-refractivity contribution is 6.15. The summed E-state index contributed by atoms with van der Waals surface area (Å²) in [6, 6.07) is 7.60. The number of nitrogens with zero attached hydrogens (tertiary/aromatic N) is 4. The summed E-state index contributed by atoms with van der Waals surface area (Å²) in [7, 11) is 1.77. The van der Waals surface area contributed by atoms with Crippen LogP contribution in [-0.2, 0) is 7.05 Å². The number of pyridine rings is 2. The molecule has 0 aromatic carbocycles. The van der Waals surface area contributed by atoms with E-state index in [0.717, 1.165) is 22.2 Å². The van der Waals surface area contributed by atoms with Crippen molar-refractivity contribution in [1.29, 1.82) is 0 Å². The normalized spacial score (nSPS) is 11.1. The van der Waals surface area contributed by atoms with Gasteiger partial charge in [0.25, 0.3) is 0 Å². The molecule has 4 rings (SSSR count). The van der Waals surface area contributed by atoms with E-state index in [1.165, 1.54) is 0 Å². The van der Waals surface area contributed by atoms with Crippen molar-refractivity contribution in [2.45, 2.75) is 6.92 Å². The Balaban J connectivity index is 1.84. The molecular formula is C18H15N5O. The molecule has 0 atom stereocenters. The molecular weight excluding hydrogens is 302 g/mol. The molecule has 0 amide bonds. The maximum atomic E-state index is 12.9. The van der Waals surface area contributed by atoms with Crippen LogP contribution in [0.1, 0.15) is 21.7 Å². The number of rotatable bonds is 3. The van der Waals surface area contributed by atoms with Crippen LogP contribution in [0.15, 0.2) is 49.1 Å². The van der Waals surface area contributed by atoms with Gasteiger partial charge in [-0.25, -0.2) is 4.98 Å². The number of ketones is 1. The van der Waals surface area contributed by atoms with E-state index >= 15 is 0 Å². The summed E-state index contributed by atoms with van der Waals surface area (Å²) in [6.45, 7) is 1.87. The van der Waals surface area contributed by atoms with Crippen molar-refractivity contribution in [1.82, 2.24) is 24.7 Å². The van der Waals surface area contributed by atoms with Gasteiger partial charge in [0.15, 0.2) is 0 Å². The number of hydrogen-bond donors (Lipinski definition) is 1. The van der Waals surface area contributed by atoms with Crippen LogP contribution in [0, 0.1) is 6.92 Å². The molecule has 0 saturated carbocycles. The maximum Gasteiger partial charge on any atom is 0.213 e. The summed E-state index contributed by atoms with van der Waals surface area (Å²) in [5, 5.41) is 5.04. The summed E-state index contributed by atoms with van der Waals surface area (Å²) >= 11 is 0. The minimum absolute atomic E-state index is 0.0745. The molecule has 118 valence electrons. The molecule has 24 heavy (non-hydrogen) atoms. The van der Waals surface area contributed by atoms with Crippen molar-refractivity contribution in [3.63, 3.8) is 0 Å². The molecule has 6 nitrogen and oxygen atoms in total. The van der Waals surface area contributed by atoms with E-state index < -0.39 is 0 Å². The third kappa shape index (κ3) is 2.28. The van der Waals surface area contributed by atoms with Gasteiger partial charge >= 0.3 is 0 Å². The summed E-state index contributed by atoms with van der Waals surface area (Å²) < 4.78 is 1.61. The third-order valence-electron chi connectivity index (χ3n) is 4.01. The Morgan fingerprint density at radius 3 is 2.79 bits per heavy atom. The van der Waals surface area contributed by atoms with Gasteiger partial charge in [-0.05, 0) is 25.1 Å². The topological polar surface area (TPSA) is 76.5 Å². The predicted molar refractivity (Wildman–Crippen MR) is 90.7 cm³/mol. The number of H-pyrrole nitrogens is 1. The highest BCUT2D eigenvalue weighted by Gasteiger charge is 2.19. The van der Waals surface area contributed by atoms with Crippen LogP contribution in [0.5, 0.6) is 0 Å². The second-order valence-electron chi connectivity index (χ2n) is 5.69. The Labute approximate surface area is 138 Å². The lowest BCUT2D eigenvalue weighted by Crippen LogP contribution is -2.07. The minimum atomic E-state index is -0.0745. The van der Waals surface area contributed by atoms with Crippen LogP contribution in [0.3, 0.4) is 0 Å². The van der Waals surface area contributed by atoms with Crippen LogP contribution in [-0.4, -0.2) is 30.5 Å². The summed E-state index contributed by atoms with van der Waals surface area (Å²) in [4.78, 5) is 24.5. The van der Waals surface area contributed by atoms with E-state index in [1.807, 2.05) is 25.1 Å². The average Bonchev–Trinajstić information content (AvgIpc) is 3.17. The number of aromatic amines is 1. The maximum absolute atomic E-state index is 12.9. The van der Waals surface area contributed by atoms with Crippen molar-refractivity contribution in [3.05, 3.63) is 66.0 Å². The fourth-order valence-corrected chi connectivity index (χ4v) is 2.84. The zero-order valence-corrected chi connectivity index (χ0v) is 13.3. The van der Waals surface area contributed by atoms with Gasteiger partial charge in [0.2, 0.25) is 5.78 Å². The van der Waals surface area contributed by atoms with Crippen LogP contribution in [0.25, 0.3) is 22.2 Å². The second-order valence-corrected chi connectivity index (χ2v) is 5.69. The Kier molecular flexibility index (Phi) is 3.23. The van der Waals surface area contributed by atoms with Crippen LogP contribution >= 0.6 is 0 Å². The van der Waals surface area contributed by atoms with Gasteiger partial charge in [-0.1, -0.05) is 6.07 Å². The first kappa shape index (κ1) is 14.3. The quantitative estimate of drug-likeness (QED) is 0.589. The molecule has 0 aliphatic heterocycles. The molecule has 1 N–H and O–H groups in total. The lowest BCUT2D eigenvalue weighted by atomic mass is 10.0. The van der Waals surface area contributed by atoms with Gasteiger partial charge in [-0.15, -0.1) is 0 Å². The summed E-state index contributed by atoms with van der Waals surface area (Å²) in [6.07, 6.45) is 6.99. The molecule has 0 fully saturated rings. The highest BCUT2D eigenvalue weighted by atomic mass is 16.1. The Morgan fingerprint density at radius 1 is 1.21 bits per heavy atom. The molecule has 0 aliphatic rings. The number of aryl methyl sites for hydroxylation is 2. The molecule has 0 saturated heterocycles. The molecule has 4 aromatic heterocycles. The van der Waals surface area contributed by atoms with Crippen LogP contribution in [0.4, 0.5) is 0 Å². The zero-order chi connectivity index (χ0) is 16.7. The van der Waals surface area contributed by atoms with Crippen molar-refractivity contribution in [2.24, 2.45) is 7.05 Å². The van der Waals surface area contributed by atoms with E-state index in [0.29, 0.717) is 16.9 Å². The molecule has 0 bridgehead atoms. The summed E-state index contributed by atoms with van der Waals surface area (Å²) in [5.41, 5.74) is 4.53. The number of fused-ring (bicyclic) bond motifs is 1. The molecule has 0 radical (unpaired) electrons.